The largest absolute Gasteiger partial charge is 0.350 e. The summed E-state index contributed by atoms with van der Waals surface area (Å²) < 4.78 is 13.4. The number of piperidine rings is 1. The molecule has 5 nitrogen and oxygen atoms in total. The topological polar surface area (TPSA) is 39.5 Å². The Morgan fingerprint density at radius 2 is 1.63 bits per heavy atom. The minimum atomic E-state index is -0.00221. The number of hydrogen-bond donors (Lipinski definition) is 0. The van der Waals surface area contributed by atoms with Gasteiger partial charge in [0, 0.05) is 34.8 Å². The van der Waals surface area contributed by atoms with Crippen LogP contribution in [0.25, 0.3) is 16.9 Å². The summed E-state index contributed by atoms with van der Waals surface area (Å²) in [7, 11) is 0. The average molecular weight is 424 g/mol. The van der Waals surface area contributed by atoms with Gasteiger partial charge in [0.25, 0.3) is 0 Å². The lowest BCUT2D eigenvalue weighted by Gasteiger charge is -2.33. The zero-order valence-corrected chi connectivity index (χ0v) is 17.7. The van der Waals surface area contributed by atoms with Crippen molar-refractivity contribution in [2.75, 3.05) is 26.3 Å². The van der Waals surface area contributed by atoms with Gasteiger partial charge in [0.05, 0.1) is 24.6 Å². The fraction of sp³-hybridized carbons (Fsp3) is 0.375. The van der Waals surface area contributed by atoms with Gasteiger partial charge in [-0.1, -0.05) is 41.9 Å². The number of halogens is 1. The van der Waals surface area contributed by atoms with Crippen LogP contribution in [0.3, 0.4) is 0 Å². The summed E-state index contributed by atoms with van der Waals surface area (Å²) in [4.78, 5) is 2.51. The molecule has 2 saturated heterocycles. The van der Waals surface area contributed by atoms with Gasteiger partial charge in [-0.25, -0.2) is 4.68 Å². The summed E-state index contributed by atoms with van der Waals surface area (Å²) >= 11 is 6.11. The Hall–Kier alpha value is -2.18. The summed E-state index contributed by atoms with van der Waals surface area (Å²) in [6.07, 6.45) is 4.37. The Kier molecular flexibility index (Phi) is 5.86. The highest BCUT2D eigenvalue weighted by Crippen LogP contribution is 2.30. The van der Waals surface area contributed by atoms with E-state index >= 15 is 0 Å². The molecule has 2 aromatic carbocycles. The van der Waals surface area contributed by atoms with E-state index in [0.717, 1.165) is 67.7 Å². The average Bonchev–Trinajstić information content (AvgIpc) is 3.46. The minimum absolute atomic E-state index is 0.00221. The minimum Gasteiger partial charge on any atom is -0.350 e. The first kappa shape index (κ1) is 19.8. The Morgan fingerprint density at radius 1 is 0.933 bits per heavy atom. The van der Waals surface area contributed by atoms with E-state index in [4.69, 9.17) is 26.2 Å². The van der Waals surface area contributed by atoms with Crippen LogP contribution in [-0.4, -0.2) is 47.3 Å². The lowest BCUT2D eigenvalue weighted by molar-refractivity contribution is -0.0977. The maximum absolute atomic E-state index is 6.11. The first-order chi connectivity index (χ1) is 14.8. The molecular formula is C24H26ClN3O2. The predicted molar refractivity (Wildman–Crippen MR) is 118 cm³/mol. The highest BCUT2D eigenvalue weighted by Gasteiger charge is 2.30. The van der Waals surface area contributed by atoms with Crippen LogP contribution in [-0.2, 0) is 16.0 Å². The summed E-state index contributed by atoms with van der Waals surface area (Å²) in [6, 6.07) is 18.2. The Morgan fingerprint density at radius 3 is 2.33 bits per heavy atom. The molecule has 0 radical (unpaired) electrons. The van der Waals surface area contributed by atoms with Gasteiger partial charge in [-0.05, 0) is 50.2 Å². The third kappa shape index (κ3) is 4.30. The number of para-hydroxylation sites is 1. The molecule has 156 valence electrons. The third-order valence-electron chi connectivity index (χ3n) is 5.99. The second-order valence-electron chi connectivity index (χ2n) is 8.01. The molecule has 0 saturated carbocycles. The van der Waals surface area contributed by atoms with E-state index in [-0.39, 0.29) is 6.29 Å². The van der Waals surface area contributed by atoms with E-state index in [1.165, 1.54) is 5.56 Å². The van der Waals surface area contributed by atoms with Crippen molar-refractivity contribution in [2.24, 2.45) is 5.92 Å². The quantitative estimate of drug-likeness (QED) is 0.592. The highest BCUT2D eigenvalue weighted by molar-refractivity contribution is 6.30. The monoisotopic (exact) mass is 423 g/mol. The number of nitrogens with zero attached hydrogens (tertiary/aromatic N) is 3. The standard InChI is InChI=1S/C24H26ClN3O2/c25-21-8-6-18(7-9-21)23-20(17-28(26-23)22-4-2-1-3-5-22)16-27-12-10-19(11-13-27)24-29-14-15-30-24/h1-9,17,19,24H,10-16H2. The molecule has 6 heteroatoms. The summed E-state index contributed by atoms with van der Waals surface area (Å²) in [5.74, 6) is 0.506. The fourth-order valence-electron chi connectivity index (χ4n) is 4.36. The van der Waals surface area contributed by atoms with Gasteiger partial charge in [-0.3, -0.25) is 4.90 Å². The zero-order chi connectivity index (χ0) is 20.3. The molecule has 0 spiro atoms. The first-order valence-corrected chi connectivity index (χ1v) is 11.0. The van der Waals surface area contributed by atoms with Crippen molar-refractivity contribution >= 4 is 11.6 Å². The Bertz CT molecular complexity index is 960. The van der Waals surface area contributed by atoms with Crippen LogP contribution in [0.2, 0.25) is 5.02 Å². The second kappa shape index (κ2) is 8.90. The lowest BCUT2D eigenvalue weighted by Crippen LogP contribution is -2.37. The van der Waals surface area contributed by atoms with Gasteiger partial charge in [0.2, 0.25) is 0 Å². The molecule has 0 unspecified atom stereocenters. The second-order valence-corrected chi connectivity index (χ2v) is 8.45. The van der Waals surface area contributed by atoms with Crippen molar-refractivity contribution in [3.63, 3.8) is 0 Å². The van der Waals surface area contributed by atoms with Crippen LogP contribution in [0.1, 0.15) is 18.4 Å². The molecule has 0 atom stereocenters. The molecule has 0 aliphatic carbocycles. The molecule has 1 aromatic heterocycles. The van der Waals surface area contributed by atoms with Crippen LogP contribution in [0.15, 0.2) is 60.8 Å². The van der Waals surface area contributed by atoms with Crippen LogP contribution < -0.4 is 0 Å². The number of ether oxygens (including phenoxy) is 2. The maximum Gasteiger partial charge on any atom is 0.160 e. The van der Waals surface area contributed by atoms with Crippen LogP contribution in [0, 0.1) is 5.92 Å². The Balaban J connectivity index is 1.36. The number of aromatic nitrogens is 2. The van der Waals surface area contributed by atoms with E-state index in [1.807, 2.05) is 47.1 Å². The summed E-state index contributed by atoms with van der Waals surface area (Å²) in [5, 5.41) is 5.67. The van der Waals surface area contributed by atoms with Gasteiger partial charge >= 0.3 is 0 Å². The summed E-state index contributed by atoms with van der Waals surface area (Å²) in [6.45, 7) is 4.43. The van der Waals surface area contributed by atoms with Crippen molar-refractivity contribution in [3.8, 4) is 16.9 Å². The SMILES string of the molecule is Clc1ccc(-c2nn(-c3ccccc3)cc2CN2CCC(C3OCCO3)CC2)cc1. The van der Waals surface area contributed by atoms with Gasteiger partial charge < -0.3 is 9.47 Å². The van der Waals surface area contributed by atoms with Crippen molar-refractivity contribution < 1.29 is 9.47 Å². The van der Waals surface area contributed by atoms with E-state index in [0.29, 0.717) is 5.92 Å². The predicted octanol–water partition coefficient (Wildman–Crippen LogP) is 4.78. The molecule has 3 heterocycles. The van der Waals surface area contributed by atoms with Gasteiger partial charge in [0.15, 0.2) is 6.29 Å². The number of likely N-dealkylation sites (tertiary alicyclic amines) is 1. The van der Waals surface area contributed by atoms with Crippen molar-refractivity contribution in [3.05, 3.63) is 71.4 Å². The first-order valence-electron chi connectivity index (χ1n) is 10.6. The molecule has 3 aromatic rings. The number of benzene rings is 2. The molecule has 0 amide bonds. The molecule has 2 fully saturated rings. The lowest BCUT2D eigenvalue weighted by atomic mass is 9.95. The van der Waals surface area contributed by atoms with E-state index < -0.39 is 0 Å². The fourth-order valence-corrected chi connectivity index (χ4v) is 4.49. The van der Waals surface area contributed by atoms with Gasteiger partial charge in [-0.15, -0.1) is 0 Å². The van der Waals surface area contributed by atoms with E-state index in [9.17, 15) is 0 Å². The molecule has 30 heavy (non-hydrogen) atoms. The van der Waals surface area contributed by atoms with Crippen molar-refractivity contribution in [1.29, 1.82) is 0 Å². The molecule has 0 N–H and O–H groups in total. The van der Waals surface area contributed by atoms with Gasteiger partial charge in [-0.2, -0.15) is 5.10 Å². The van der Waals surface area contributed by atoms with Crippen molar-refractivity contribution in [1.82, 2.24) is 14.7 Å². The van der Waals surface area contributed by atoms with Crippen molar-refractivity contribution in [2.45, 2.75) is 25.7 Å². The van der Waals surface area contributed by atoms with E-state index in [2.05, 4.69) is 23.2 Å². The molecule has 2 aliphatic heterocycles. The van der Waals surface area contributed by atoms with Gasteiger partial charge in [0.1, 0.15) is 0 Å². The van der Waals surface area contributed by atoms with E-state index in [1.54, 1.807) is 0 Å². The zero-order valence-electron chi connectivity index (χ0n) is 16.9. The Labute approximate surface area is 182 Å². The smallest absolute Gasteiger partial charge is 0.160 e. The molecule has 5 rings (SSSR count). The maximum atomic E-state index is 6.11. The summed E-state index contributed by atoms with van der Waals surface area (Å²) in [5.41, 5.74) is 4.40. The molecular weight excluding hydrogens is 398 g/mol. The van der Waals surface area contributed by atoms with Crippen LogP contribution in [0.5, 0.6) is 0 Å². The van der Waals surface area contributed by atoms with Crippen LogP contribution >= 0.6 is 11.6 Å². The molecule has 0 bridgehead atoms. The highest BCUT2D eigenvalue weighted by atomic mass is 35.5. The third-order valence-corrected chi connectivity index (χ3v) is 6.24. The van der Waals surface area contributed by atoms with Crippen LogP contribution in [0.4, 0.5) is 0 Å². The number of rotatable bonds is 5. The normalized spacial score (nSPS) is 18.8. The molecule has 2 aliphatic rings. The number of hydrogen-bond acceptors (Lipinski definition) is 4.